The molecule has 13 heavy (non-hydrogen) atoms. The molecule has 4 heteroatoms. The molecule has 1 rings (SSSR count). The Balaban J connectivity index is 2.45. The first-order chi connectivity index (χ1) is 5.97. The third-order valence-electron chi connectivity index (χ3n) is 2.76. The summed E-state index contributed by atoms with van der Waals surface area (Å²) >= 11 is 4.78. The molecule has 1 aliphatic carbocycles. The predicted octanol–water partition coefficient (Wildman–Crippen LogP) is 3.36. The van der Waals surface area contributed by atoms with Crippen LogP contribution in [0.1, 0.15) is 38.5 Å². The Morgan fingerprint density at radius 3 is 2.31 bits per heavy atom. The molecule has 1 aliphatic rings. The lowest BCUT2D eigenvalue weighted by atomic mass is 9.83. The smallest absolute Gasteiger partial charge is 0.303 e. The Morgan fingerprint density at radius 1 is 1.38 bits per heavy atom. The van der Waals surface area contributed by atoms with Crippen LogP contribution in [0.15, 0.2) is 0 Å². The van der Waals surface area contributed by atoms with Crippen LogP contribution in [0.2, 0.25) is 0 Å². The first-order valence-corrected chi connectivity index (χ1v) is 4.88. The fraction of sp³-hybridized carbons (Fsp3) is 0.889. The Morgan fingerprint density at radius 2 is 1.92 bits per heavy atom. The van der Waals surface area contributed by atoms with Gasteiger partial charge < -0.3 is 4.79 Å². The second kappa shape index (κ2) is 3.91. The summed E-state index contributed by atoms with van der Waals surface area (Å²) in [6.07, 6.45) is 4.06. The van der Waals surface area contributed by atoms with Crippen molar-refractivity contribution < 1.29 is 13.6 Å². The van der Waals surface area contributed by atoms with Crippen LogP contribution in [0.5, 0.6) is 0 Å². The van der Waals surface area contributed by atoms with Gasteiger partial charge in [-0.15, -0.1) is 0 Å². The third kappa shape index (κ3) is 3.22. The Hall–Kier alpha value is -0.180. The summed E-state index contributed by atoms with van der Waals surface area (Å²) in [6, 6.07) is 0. The van der Waals surface area contributed by atoms with E-state index in [4.69, 9.17) is 11.6 Å². The molecule has 76 valence electrons. The fourth-order valence-corrected chi connectivity index (χ4v) is 1.99. The molecule has 1 fully saturated rings. The lowest BCUT2D eigenvalue weighted by molar-refractivity contribution is -0.116. The average Bonchev–Trinajstić information content (AvgIpc) is 2.49. The number of aldehydes is 1. The minimum atomic E-state index is -3.15. The molecule has 0 bridgehead atoms. The highest BCUT2D eigenvalue weighted by molar-refractivity contribution is 6.21. The molecule has 0 saturated heterocycles. The Labute approximate surface area is 81.4 Å². The lowest BCUT2D eigenvalue weighted by Gasteiger charge is -2.22. The summed E-state index contributed by atoms with van der Waals surface area (Å²) in [7, 11) is 0. The molecule has 0 aromatic carbocycles. The molecule has 0 radical (unpaired) electrons. The van der Waals surface area contributed by atoms with Crippen LogP contribution in [0, 0.1) is 5.41 Å². The summed E-state index contributed by atoms with van der Waals surface area (Å²) in [5.41, 5.74) is -0.502. The lowest BCUT2D eigenvalue weighted by Crippen LogP contribution is -2.21. The van der Waals surface area contributed by atoms with Gasteiger partial charge in [0.1, 0.15) is 6.29 Å². The highest BCUT2D eigenvalue weighted by Crippen LogP contribution is 2.42. The van der Waals surface area contributed by atoms with Gasteiger partial charge in [0.05, 0.1) is 0 Å². The van der Waals surface area contributed by atoms with Crippen LogP contribution >= 0.6 is 11.6 Å². The van der Waals surface area contributed by atoms with Gasteiger partial charge >= 0.3 is 5.38 Å². The van der Waals surface area contributed by atoms with Crippen LogP contribution in [-0.2, 0) is 4.79 Å². The minimum Gasteiger partial charge on any atom is -0.303 e. The molecular weight excluding hydrogens is 198 g/mol. The van der Waals surface area contributed by atoms with E-state index in [0.717, 1.165) is 32.0 Å². The molecule has 0 heterocycles. The van der Waals surface area contributed by atoms with E-state index in [0.29, 0.717) is 0 Å². The molecule has 0 unspecified atom stereocenters. The molecule has 0 aromatic rings. The Kier molecular flexibility index (Phi) is 3.28. The van der Waals surface area contributed by atoms with Gasteiger partial charge in [-0.05, 0) is 30.9 Å². The maximum atomic E-state index is 12.3. The van der Waals surface area contributed by atoms with Crippen molar-refractivity contribution in [1.29, 1.82) is 0 Å². The molecule has 1 nitrogen and oxygen atoms in total. The number of carbonyl (C=O) groups excluding carboxylic acids is 1. The van der Waals surface area contributed by atoms with Crippen molar-refractivity contribution in [2.45, 2.75) is 43.9 Å². The molecular formula is C9H13ClF2O. The highest BCUT2D eigenvalue weighted by Gasteiger charge is 2.37. The molecule has 0 spiro atoms. The summed E-state index contributed by atoms with van der Waals surface area (Å²) in [5.74, 6) is 0. The molecule has 0 N–H and O–H groups in total. The van der Waals surface area contributed by atoms with Gasteiger partial charge in [-0.25, -0.2) is 0 Å². The molecule has 1 saturated carbocycles. The van der Waals surface area contributed by atoms with E-state index in [1.807, 2.05) is 0 Å². The van der Waals surface area contributed by atoms with Gasteiger partial charge in [-0.1, -0.05) is 12.8 Å². The second-order valence-corrected chi connectivity index (χ2v) is 4.36. The zero-order valence-corrected chi connectivity index (χ0v) is 8.12. The normalized spacial score (nSPS) is 21.8. The second-order valence-electron chi connectivity index (χ2n) is 3.80. The minimum absolute atomic E-state index is 0.215. The summed E-state index contributed by atoms with van der Waals surface area (Å²) in [4.78, 5) is 10.8. The van der Waals surface area contributed by atoms with Crippen LogP contribution in [0.4, 0.5) is 8.78 Å². The quantitative estimate of drug-likeness (QED) is 0.514. The predicted molar refractivity (Wildman–Crippen MR) is 47.0 cm³/mol. The topological polar surface area (TPSA) is 17.1 Å². The van der Waals surface area contributed by atoms with Crippen LogP contribution in [-0.4, -0.2) is 11.7 Å². The third-order valence-corrected chi connectivity index (χ3v) is 2.94. The van der Waals surface area contributed by atoms with E-state index in [1.165, 1.54) is 0 Å². The number of halogens is 3. The van der Waals surface area contributed by atoms with Crippen molar-refractivity contribution in [3.8, 4) is 0 Å². The van der Waals surface area contributed by atoms with E-state index < -0.39 is 17.2 Å². The van der Waals surface area contributed by atoms with Gasteiger partial charge in [0.2, 0.25) is 0 Å². The summed E-state index contributed by atoms with van der Waals surface area (Å²) in [5, 5.41) is -3.15. The van der Waals surface area contributed by atoms with E-state index in [2.05, 4.69) is 0 Å². The van der Waals surface area contributed by atoms with Gasteiger partial charge in [0, 0.05) is 11.8 Å². The van der Waals surface area contributed by atoms with Gasteiger partial charge in [0.15, 0.2) is 0 Å². The first kappa shape index (κ1) is 10.9. The molecule has 0 aliphatic heterocycles. The van der Waals surface area contributed by atoms with Gasteiger partial charge in [-0.2, -0.15) is 8.78 Å². The summed E-state index contributed by atoms with van der Waals surface area (Å²) < 4.78 is 24.7. The fourth-order valence-electron chi connectivity index (χ4n) is 1.90. The first-order valence-electron chi connectivity index (χ1n) is 4.51. The number of alkyl halides is 3. The SMILES string of the molecule is O=CC1(CCC(F)(F)Cl)CCCC1. The van der Waals surface area contributed by atoms with E-state index >= 15 is 0 Å². The van der Waals surface area contributed by atoms with Crippen LogP contribution < -0.4 is 0 Å². The zero-order chi connectivity index (χ0) is 9.95. The Bertz CT molecular complexity index is 183. The maximum absolute atomic E-state index is 12.3. The molecule has 0 amide bonds. The average molecular weight is 211 g/mol. The molecule has 0 aromatic heterocycles. The van der Waals surface area contributed by atoms with Crippen LogP contribution in [0.3, 0.4) is 0 Å². The number of carbonyl (C=O) groups is 1. The van der Waals surface area contributed by atoms with Gasteiger partial charge in [-0.3, -0.25) is 0 Å². The van der Waals surface area contributed by atoms with E-state index in [1.54, 1.807) is 0 Å². The summed E-state index contributed by atoms with van der Waals surface area (Å²) in [6.45, 7) is 0. The zero-order valence-electron chi connectivity index (χ0n) is 7.36. The monoisotopic (exact) mass is 210 g/mol. The van der Waals surface area contributed by atoms with E-state index in [9.17, 15) is 13.6 Å². The van der Waals surface area contributed by atoms with Crippen molar-refractivity contribution in [2.75, 3.05) is 0 Å². The van der Waals surface area contributed by atoms with E-state index in [-0.39, 0.29) is 6.42 Å². The van der Waals surface area contributed by atoms with Crippen molar-refractivity contribution in [3.63, 3.8) is 0 Å². The maximum Gasteiger partial charge on any atom is 0.321 e. The standard InChI is InChI=1S/C9H13ClF2O/c10-9(11,12)6-5-8(7-13)3-1-2-4-8/h7H,1-6H2. The van der Waals surface area contributed by atoms with Gasteiger partial charge in [0.25, 0.3) is 0 Å². The number of rotatable bonds is 4. The number of hydrogen-bond donors (Lipinski definition) is 0. The number of hydrogen-bond acceptors (Lipinski definition) is 1. The van der Waals surface area contributed by atoms with Crippen molar-refractivity contribution >= 4 is 17.9 Å². The van der Waals surface area contributed by atoms with Crippen molar-refractivity contribution in [1.82, 2.24) is 0 Å². The van der Waals surface area contributed by atoms with Crippen molar-refractivity contribution in [3.05, 3.63) is 0 Å². The largest absolute Gasteiger partial charge is 0.321 e. The van der Waals surface area contributed by atoms with Crippen molar-refractivity contribution in [2.24, 2.45) is 5.41 Å². The molecule has 0 atom stereocenters. The highest BCUT2D eigenvalue weighted by atomic mass is 35.5. The van der Waals surface area contributed by atoms with Crippen LogP contribution in [0.25, 0.3) is 0 Å².